The molecular formula is C21H23F3O3S. The number of rotatable bonds is 5. The lowest BCUT2D eigenvalue weighted by Gasteiger charge is -2.19. The van der Waals surface area contributed by atoms with Crippen LogP contribution in [0.4, 0.5) is 13.2 Å². The van der Waals surface area contributed by atoms with Gasteiger partial charge in [-0.25, -0.2) is 4.79 Å². The molecular weight excluding hydrogens is 389 g/mol. The van der Waals surface area contributed by atoms with Gasteiger partial charge in [-0.1, -0.05) is 45.0 Å². The van der Waals surface area contributed by atoms with Crippen LogP contribution >= 0.6 is 11.8 Å². The smallest absolute Gasteiger partial charge is 0.420 e. The molecule has 7 heteroatoms. The molecule has 0 amide bonds. The number of ether oxygens (including phenoxy) is 2. The molecule has 0 bridgehead atoms. The predicted octanol–water partition coefficient (Wildman–Crippen LogP) is 6.09. The molecule has 0 unspecified atom stereocenters. The van der Waals surface area contributed by atoms with Crippen molar-refractivity contribution in [1.29, 1.82) is 0 Å². The molecule has 3 nitrogen and oxygen atoms in total. The number of methoxy groups -OCH3 is 2. The van der Waals surface area contributed by atoms with Crippen LogP contribution in [0.15, 0.2) is 41.3 Å². The number of hydrogen-bond donors (Lipinski definition) is 0. The molecule has 0 aliphatic heterocycles. The van der Waals surface area contributed by atoms with Crippen LogP contribution in [0, 0.1) is 0 Å². The van der Waals surface area contributed by atoms with Crippen LogP contribution < -0.4 is 4.74 Å². The lowest BCUT2D eigenvalue weighted by molar-refractivity contribution is -0.139. The van der Waals surface area contributed by atoms with E-state index in [1.807, 2.05) is 24.3 Å². The molecule has 0 radical (unpaired) electrons. The summed E-state index contributed by atoms with van der Waals surface area (Å²) in [4.78, 5) is 12.0. The number of carbonyl (C=O) groups is 1. The summed E-state index contributed by atoms with van der Waals surface area (Å²) in [7, 11) is 2.31. The largest absolute Gasteiger partial charge is 0.495 e. The lowest BCUT2D eigenvalue weighted by Crippen LogP contribution is -2.12. The normalized spacial score (nSPS) is 12.0. The van der Waals surface area contributed by atoms with Crippen molar-refractivity contribution in [2.75, 3.05) is 14.2 Å². The van der Waals surface area contributed by atoms with E-state index in [1.165, 1.54) is 30.5 Å². The van der Waals surface area contributed by atoms with E-state index in [-0.39, 0.29) is 21.6 Å². The SMILES string of the molecule is COC(=O)c1cc(SCc2ccc(C(C)(C)C)cc2)c(OC)c(C(F)(F)F)c1. The Morgan fingerprint density at radius 1 is 1.04 bits per heavy atom. The fourth-order valence-corrected chi connectivity index (χ4v) is 3.68. The minimum atomic E-state index is -4.65. The summed E-state index contributed by atoms with van der Waals surface area (Å²) < 4.78 is 49.9. The molecule has 0 N–H and O–H groups in total. The van der Waals surface area contributed by atoms with Crippen molar-refractivity contribution in [2.45, 2.75) is 43.0 Å². The van der Waals surface area contributed by atoms with Gasteiger partial charge >= 0.3 is 12.1 Å². The first-order chi connectivity index (χ1) is 13.0. The molecule has 0 aliphatic carbocycles. The molecule has 0 atom stereocenters. The first-order valence-corrected chi connectivity index (χ1v) is 9.55. The van der Waals surface area contributed by atoms with Crippen LogP contribution in [0.25, 0.3) is 0 Å². The molecule has 0 saturated heterocycles. The van der Waals surface area contributed by atoms with Crippen molar-refractivity contribution >= 4 is 17.7 Å². The zero-order valence-electron chi connectivity index (χ0n) is 16.4. The van der Waals surface area contributed by atoms with Crippen LogP contribution in [-0.2, 0) is 22.1 Å². The number of esters is 1. The number of benzene rings is 2. The van der Waals surface area contributed by atoms with E-state index in [9.17, 15) is 18.0 Å². The van der Waals surface area contributed by atoms with Gasteiger partial charge in [0, 0.05) is 5.75 Å². The third-order valence-corrected chi connectivity index (χ3v) is 5.29. The summed E-state index contributed by atoms with van der Waals surface area (Å²) in [6.45, 7) is 6.33. The Labute approximate surface area is 167 Å². The summed E-state index contributed by atoms with van der Waals surface area (Å²) >= 11 is 1.18. The van der Waals surface area contributed by atoms with Gasteiger partial charge in [0.05, 0.1) is 30.2 Å². The summed E-state index contributed by atoms with van der Waals surface area (Å²) in [5, 5.41) is 0. The van der Waals surface area contributed by atoms with Crippen LogP contribution in [0.1, 0.15) is 47.8 Å². The predicted molar refractivity (Wildman–Crippen MR) is 104 cm³/mol. The van der Waals surface area contributed by atoms with Gasteiger partial charge < -0.3 is 9.47 Å². The second kappa shape index (κ2) is 8.47. The third kappa shape index (κ3) is 5.22. The van der Waals surface area contributed by atoms with E-state index in [4.69, 9.17) is 4.74 Å². The maximum Gasteiger partial charge on any atom is 0.420 e. The zero-order chi connectivity index (χ0) is 21.1. The van der Waals surface area contributed by atoms with Crippen molar-refractivity contribution < 1.29 is 27.4 Å². The minimum absolute atomic E-state index is 0.0192. The fourth-order valence-electron chi connectivity index (χ4n) is 2.63. The molecule has 2 rings (SSSR count). The van der Waals surface area contributed by atoms with Gasteiger partial charge in [0.2, 0.25) is 0 Å². The van der Waals surface area contributed by atoms with Crippen LogP contribution in [0.5, 0.6) is 5.75 Å². The number of alkyl halides is 3. The number of carbonyl (C=O) groups excluding carboxylic acids is 1. The third-order valence-electron chi connectivity index (χ3n) is 4.20. The quantitative estimate of drug-likeness (QED) is 0.440. The molecule has 0 fully saturated rings. The van der Waals surface area contributed by atoms with E-state index in [0.29, 0.717) is 5.75 Å². The lowest BCUT2D eigenvalue weighted by atomic mass is 9.87. The minimum Gasteiger partial charge on any atom is -0.495 e. The average molecular weight is 412 g/mol. The molecule has 2 aromatic rings. The van der Waals surface area contributed by atoms with E-state index in [2.05, 4.69) is 25.5 Å². The topological polar surface area (TPSA) is 35.5 Å². The summed E-state index contributed by atoms with van der Waals surface area (Å²) in [6, 6.07) is 10.1. The molecule has 0 aromatic heterocycles. The Bertz CT molecular complexity index is 838. The molecule has 2 aromatic carbocycles. The van der Waals surface area contributed by atoms with Crippen molar-refractivity contribution in [2.24, 2.45) is 0 Å². The van der Waals surface area contributed by atoms with Crippen LogP contribution in [0.3, 0.4) is 0 Å². The summed E-state index contributed by atoms with van der Waals surface area (Å²) in [6.07, 6.45) is -4.65. The first-order valence-electron chi connectivity index (χ1n) is 8.57. The van der Waals surface area contributed by atoms with Crippen molar-refractivity contribution in [1.82, 2.24) is 0 Å². The first kappa shape index (κ1) is 22.1. The van der Waals surface area contributed by atoms with Gasteiger partial charge in [-0.05, 0) is 28.7 Å². The molecule has 0 spiro atoms. The van der Waals surface area contributed by atoms with Crippen molar-refractivity contribution in [3.63, 3.8) is 0 Å². The second-order valence-corrected chi connectivity index (χ2v) is 8.30. The highest BCUT2D eigenvalue weighted by Gasteiger charge is 2.36. The van der Waals surface area contributed by atoms with Gasteiger partial charge in [-0.15, -0.1) is 11.8 Å². The highest BCUT2D eigenvalue weighted by Crippen LogP contribution is 2.43. The number of thioether (sulfide) groups is 1. The summed E-state index contributed by atoms with van der Waals surface area (Å²) in [5.41, 5.74) is 0.985. The van der Waals surface area contributed by atoms with Crippen LogP contribution in [-0.4, -0.2) is 20.2 Å². The maximum absolute atomic E-state index is 13.4. The highest BCUT2D eigenvalue weighted by molar-refractivity contribution is 7.98. The Morgan fingerprint density at radius 2 is 1.64 bits per heavy atom. The van der Waals surface area contributed by atoms with Gasteiger partial charge in [0.1, 0.15) is 5.75 Å². The zero-order valence-corrected chi connectivity index (χ0v) is 17.3. The van der Waals surface area contributed by atoms with E-state index < -0.39 is 17.7 Å². The molecule has 0 saturated carbocycles. The number of halogens is 3. The van der Waals surface area contributed by atoms with E-state index in [0.717, 1.165) is 18.7 Å². The fraction of sp³-hybridized carbons (Fsp3) is 0.381. The highest BCUT2D eigenvalue weighted by atomic mass is 32.2. The molecule has 0 aliphatic rings. The summed E-state index contributed by atoms with van der Waals surface area (Å²) in [5.74, 6) is -0.691. The molecule has 28 heavy (non-hydrogen) atoms. The monoisotopic (exact) mass is 412 g/mol. The Morgan fingerprint density at radius 3 is 2.11 bits per heavy atom. The standard InChI is InChI=1S/C21H23F3O3S/c1-20(2,3)15-8-6-13(7-9-15)12-28-17-11-14(19(25)27-5)10-16(18(17)26-4)21(22,23)24/h6-11H,12H2,1-5H3. The Kier molecular flexibility index (Phi) is 6.70. The van der Waals surface area contributed by atoms with E-state index in [1.54, 1.807) is 0 Å². The van der Waals surface area contributed by atoms with E-state index >= 15 is 0 Å². The average Bonchev–Trinajstić information content (AvgIpc) is 2.63. The van der Waals surface area contributed by atoms with Gasteiger partial charge in [0.25, 0.3) is 0 Å². The van der Waals surface area contributed by atoms with Crippen molar-refractivity contribution in [3.8, 4) is 5.75 Å². The van der Waals surface area contributed by atoms with Crippen LogP contribution in [0.2, 0.25) is 0 Å². The second-order valence-electron chi connectivity index (χ2n) is 7.28. The maximum atomic E-state index is 13.4. The molecule has 152 valence electrons. The van der Waals surface area contributed by atoms with Gasteiger partial charge in [-0.3, -0.25) is 0 Å². The Balaban J connectivity index is 2.37. The Hall–Kier alpha value is -2.15. The van der Waals surface area contributed by atoms with Gasteiger partial charge in [-0.2, -0.15) is 13.2 Å². The van der Waals surface area contributed by atoms with Crippen molar-refractivity contribution in [3.05, 3.63) is 58.7 Å². The van der Waals surface area contributed by atoms with Gasteiger partial charge in [0.15, 0.2) is 0 Å². The molecule has 0 heterocycles. The number of hydrogen-bond acceptors (Lipinski definition) is 4.